The standard InChI is InChI=1S/C19H18N2O2S/c1-2-14-6-3-4-7-15(14)13-23-17-9-11-24-18(17)19(22)21-16-8-5-10-20-12-16/h3-12H,2,13H2,1H3,(H,21,22). The average Bonchev–Trinajstić information content (AvgIpc) is 3.10. The summed E-state index contributed by atoms with van der Waals surface area (Å²) in [5.74, 6) is 0.420. The van der Waals surface area contributed by atoms with Gasteiger partial charge in [0, 0.05) is 6.20 Å². The molecule has 0 aliphatic rings. The van der Waals surface area contributed by atoms with Crippen LogP contribution < -0.4 is 10.1 Å². The largest absolute Gasteiger partial charge is 0.487 e. The van der Waals surface area contributed by atoms with Gasteiger partial charge in [0.2, 0.25) is 0 Å². The Morgan fingerprint density at radius 3 is 2.75 bits per heavy atom. The molecule has 122 valence electrons. The molecule has 3 rings (SSSR count). The van der Waals surface area contributed by atoms with Crippen LogP contribution in [0.2, 0.25) is 0 Å². The number of nitrogens with zero attached hydrogens (tertiary/aromatic N) is 1. The topological polar surface area (TPSA) is 51.2 Å². The minimum Gasteiger partial charge on any atom is -0.487 e. The van der Waals surface area contributed by atoms with Crippen molar-refractivity contribution in [2.75, 3.05) is 5.32 Å². The number of hydrogen-bond acceptors (Lipinski definition) is 4. The number of nitrogens with one attached hydrogen (secondary N) is 1. The number of thiophene rings is 1. The van der Waals surface area contributed by atoms with E-state index in [0.717, 1.165) is 12.0 Å². The highest BCUT2D eigenvalue weighted by atomic mass is 32.1. The summed E-state index contributed by atoms with van der Waals surface area (Å²) in [5, 5.41) is 4.69. The lowest BCUT2D eigenvalue weighted by atomic mass is 10.1. The molecule has 0 unspecified atom stereocenters. The summed E-state index contributed by atoms with van der Waals surface area (Å²) in [6, 6.07) is 13.6. The number of aryl methyl sites for hydroxylation is 1. The number of anilines is 1. The number of amides is 1. The number of aromatic nitrogens is 1. The van der Waals surface area contributed by atoms with Crippen molar-refractivity contribution in [3.05, 3.63) is 76.2 Å². The number of hydrogen-bond donors (Lipinski definition) is 1. The van der Waals surface area contributed by atoms with Crippen LogP contribution in [0.4, 0.5) is 5.69 Å². The first kappa shape index (κ1) is 16.2. The molecule has 0 radical (unpaired) electrons. The number of rotatable bonds is 6. The van der Waals surface area contributed by atoms with Crippen LogP contribution >= 0.6 is 11.3 Å². The maximum atomic E-state index is 12.4. The second-order valence-electron chi connectivity index (χ2n) is 5.22. The zero-order chi connectivity index (χ0) is 16.8. The van der Waals surface area contributed by atoms with E-state index in [4.69, 9.17) is 4.74 Å². The molecule has 1 aromatic carbocycles. The fraction of sp³-hybridized carbons (Fsp3) is 0.158. The van der Waals surface area contributed by atoms with E-state index < -0.39 is 0 Å². The summed E-state index contributed by atoms with van der Waals surface area (Å²) in [6.07, 6.45) is 4.24. The minimum absolute atomic E-state index is 0.184. The van der Waals surface area contributed by atoms with Crippen LogP contribution in [-0.4, -0.2) is 10.9 Å². The molecule has 0 atom stereocenters. The molecular formula is C19H18N2O2S. The molecular weight excluding hydrogens is 320 g/mol. The number of ether oxygens (including phenoxy) is 1. The highest BCUT2D eigenvalue weighted by Gasteiger charge is 2.15. The van der Waals surface area contributed by atoms with E-state index >= 15 is 0 Å². The first-order valence-corrected chi connectivity index (χ1v) is 8.64. The quantitative estimate of drug-likeness (QED) is 0.718. The van der Waals surface area contributed by atoms with E-state index in [0.29, 0.717) is 22.9 Å². The van der Waals surface area contributed by atoms with Crippen LogP contribution in [0.1, 0.15) is 27.7 Å². The number of benzene rings is 1. The monoisotopic (exact) mass is 338 g/mol. The van der Waals surface area contributed by atoms with E-state index in [1.54, 1.807) is 24.5 Å². The van der Waals surface area contributed by atoms with Gasteiger partial charge in [-0.1, -0.05) is 31.2 Å². The van der Waals surface area contributed by atoms with Crippen molar-refractivity contribution in [2.45, 2.75) is 20.0 Å². The molecule has 2 aromatic heterocycles. The van der Waals surface area contributed by atoms with Crippen molar-refractivity contribution < 1.29 is 9.53 Å². The fourth-order valence-electron chi connectivity index (χ4n) is 2.40. The van der Waals surface area contributed by atoms with E-state index in [1.807, 2.05) is 23.6 Å². The van der Waals surface area contributed by atoms with Gasteiger partial charge in [-0.15, -0.1) is 11.3 Å². The summed E-state index contributed by atoms with van der Waals surface area (Å²) < 4.78 is 5.90. The highest BCUT2D eigenvalue weighted by Crippen LogP contribution is 2.27. The van der Waals surface area contributed by atoms with Gasteiger partial charge in [-0.3, -0.25) is 9.78 Å². The SMILES string of the molecule is CCc1ccccc1COc1ccsc1C(=O)Nc1cccnc1. The summed E-state index contributed by atoms with van der Waals surface area (Å²) in [6.45, 7) is 2.57. The van der Waals surface area contributed by atoms with Gasteiger partial charge in [-0.2, -0.15) is 0 Å². The summed E-state index contributed by atoms with van der Waals surface area (Å²) >= 11 is 1.36. The Morgan fingerprint density at radius 2 is 2.00 bits per heavy atom. The van der Waals surface area contributed by atoms with Gasteiger partial charge in [-0.05, 0) is 41.1 Å². The predicted molar refractivity (Wildman–Crippen MR) is 96.7 cm³/mol. The average molecular weight is 338 g/mol. The van der Waals surface area contributed by atoms with Gasteiger partial charge in [0.25, 0.3) is 5.91 Å². The molecule has 1 N–H and O–H groups in total. The van der Waals surface area contributed by atoms with Crippen molar-refractivity contribution in [3.8, 4) is 5.75 Å². The predicted octanol–water partition coefficient (Wildman–Crippen LogP) is 4.54. The maximum absolute atomic E-state index is 12.4. The summed E-state index contributed by atoms with van der Waals surface area (Å²) in [5.41, 5.74) is 3.07. The molecule has 0 aliphatic carbocycles. The first-order valence-electron chi connectivity index (χ1n) is 7.76. The van der Waals surface area contributed by atoms with Gasteiger partial charge < -0.3 is 10.1 Å². The van der Waals surface area contributed by atoms with Crippen LogP contribution in [0, 0.1) is 0 Å². The molecule has 0 saturated heterocycles. The molecule has 0 saturated carbocycles. The summed E-state index contributed by atoms with van der Waals surface area (Å²) in [4.78, 5) is 17.0. The second-order valence-corrected chi connectivity index (χ2v) is 6.14. The number of carbonyl (C=O) groups excluding carboxylic acids is 1. The van der Waals surface area contributed by atoms with Gasteiger partial charge >= 0.3 is 0 Å². The molecule has 0 fully saturated rings. The maximum Gasteiger partial charge on any atom is 0.269 e. The molecule has 0 aliphatic heterocycles. The highest BCUT2D eigenvalue weighted by molar-refractivity contribution is 7.12. The lowest BCUT2D eigenvalue weighted by Crippen LogP contribution is -2.12. The molecule has 24 heavy (non-hydrogen) atoms. The Hall–Kier alpha value is -2.66. The van der Waals surface area contributed by atoms with Gasteiger partial charge in [0.05, 0.1) is 11.9 Å². The molecule has 2 heterocycles. The Morgan fingerprint density at radius 1 is 1.17 bits per heavy atom. The molecule has 0 bridgehead atoms. The zero-order valence-corrected chi connectivity index (χ0v) is 14.2. The van der Waals surface area contributed by atoms with Crippen LogP contribution in [0.3, 0.4) is 0 Å². The van der Waals surface area contributed by atoms with Crippen LogP contribution in [0.5, 0.6) is 5.75 Å². The van der Waals surface area contributed by atoms with E-state index in [2.05, 4.69) is 29.4 Å². The molecule has 1 amide bonds. The number of pyridine rings is 1. The minimum atomic E-state index is -0.184. The van der Waals surface area contributed by atoms with Crippen molar-refractivity contribution >= 4 is 22.9 Å². The lowest BCUT2D eigenvalue weighted by Gasteiger charge is -2.10. The first-order chi connectivity index (χ1) is 11.8. The number of carbonyl (C=O) groups is 1. The third kappa shape index (κ3) is 3.81. The van der Waals surface area contributed by atoms with Crippen molar-refractivity contribution in [3.63, 3.8) is 0 Å². The molecule has 5 heteroatoms. The van der Waals surface area contributed by atoms with Gasteiger partial charge in [0.15, 0.2) is 0 Å². The van der Waals surface area contributed by atoms with Crippen molar-refractivity contribution in [1.82, 2.24) is 4.98 Å². The fourth-order valence-corrected chi connectivity index (χ4v) is 3.13. The Labute approximate surface area is 145 Å². The Balaban J connectivity index is 1.70. The zero-order valence-electron chi connectivity index (χ0n) is 13.4. The smallest absolute Gasteiger partial charge is 0.269 e. The van der Waals surface area contributed by atoms with E-state index in [-0.39, 0.29) is 5.91 Å². The van der Waals surface area contributed by atoms with Crippen molar-refractivity contribution in [1.29, 1.82) is 0 Å². The molecule has 3 aromatic rings. The molecule has 4 nitrogen and oxygen atoms in total. The van der Waals surface area contributed by atoms with Crippen molar-refractivity contribution in [2.24, 2.45) is 0 Å². The Kier molecular flexibility index (Phi) is 5.23. The third-order valence-corrected chi connectivity index (χ3v) is 4.53. The van der Waals surface area contributed by atoms with Gasteiger partial charge in [-0.25, -0.2) is 0 Å². The van der Waals surface area contributed by atoms with Crippen LogP contribution in [0.25, 0.3) is 0 Å². The van der Waals surface area contributed by atoms with E-state index in [1.165, 1.54) is 16.9 Å². The third-order valence-electron chi connectivity index (χ3n) is 3.64. The van der Waals surface area contributed by atoms with E-state index in [9.17, 15) is 4.79 Å². The van der Waals surface area contributed by atoms with Crippen LogP contribution in [0.15, 0.2) is 60.2 Å². The van der Waals surface area contributed by atoms with Gasteiger partial charge in [0.1, 0.15) is 17.2 Å². The Bertz CT molecular complexity index is 815. The molecule has 0 spiro atoms. The van der Waals surface area contributed by atoms with Crippen LogP contribution in [-0.2, 0) is 13.0 Å². The lowest BCUT2D eigenvalue weighted by molar-refractivity contribution is 0.102. The second kappa shape index (κ2) is 7.75. The summed E-state index contributed by atoms with van der Waals surface area (Å²) in [7, 11) is 0. The normalized spacial score (nSPS) is 10.4.